The second-order valence-corrected chi connectivity index (χ2v) is 14.2. The lowest BCUT2D eigenvalue weighted by Crippen LogP contribution is -2.41. The first-order valence-corrected chi connectivity index (χ1v) is 17.3. The predicted molar refractivity (Wildman–Crippen MR) is 196 cm³/mol. The summed E-state index contributed by atoms with van der Waals surface area (Å²) < 4.78 is 12.8. The van der Waals surface area contributed by atoms with Gasteiger partial charge in [-0.1, -0.05) is 12.1 Å². The van der Waals surface area contributed by atoms with E-state index < -0.39 is 0 Å². The van der Waals surface area contributed by atoms with Crippen molar-refractivity contribution in [1.82, 2.24) is 29.9 Å². The summed E-state index contributed by atoms with van der Waals surface area (Å²) in [6.07, 6.45) is 12.1. The zero-order chi connectivity index (χ0) is 34.5. The normalized spacial score (nSPS) is 20.9. The van der Waals surface area contributed by atoms with E-state index in [0.29, 0.717) is 23.7 Å². The van der Waals surface area contributed by atoms with E-state index in [4.69, 9.17) is 20.8 Å². The van der Waals surface area contributed by atoms with Crippen molar-refractivity contribution in [2.75, 3.05) is 34.4 Å². The molecule has 0 aromatic carbocycles. The van der Waals surface area contributed by atoms with Gasteiger partial charge in [0.1, 0.15) is 16.2 Å². The van der Waals surface area contributed by atoms with E-state index in [-0.39, 0.29) is 18.3 Å². The Kier molecular flexibility index (Phi) is 11.2. The number of nitrogens with two attached hydrogens (primary N) is 2. The number of hydrogen-bond acceptors (Lipinski definition) is 12. The first kappa shape index (κ1) is 35.4. The second kappa shape index (κ2) is 15.1. The van der Waals surface area contributed by atoms with Crippen LogP contribution in [0, 0.1) is 0 Å². The highest BCUT2D eigenvalue weighted by Crippen LogP contribution is 2.36. The quantitative estimate of drug-likeness (QED) is 0.208. The van der Waals surface area contributed by atoms with Gasteiger partial charge in [0.25, 0.3) is 0 Å². The largest absolute Gasteiger partial charge is 0.498 e. The number of pyridine rings is 2. The molecule has 0 spiro atoms. The zero-order valence-corrected chi connectivity index (χ0v) is 30.3. The van der Waals surface area contributed by atoms with Crippen LogP contribution in [-0.4, -0.2) is 73.4 Å². The highest BCUT2D eigenvalue weighted by Gasteiger charge is 2.52. The van der Waals surface area contributed by atoms with Gasteiger partial charge in [-0.3, -0.25) is 0 Å². The number of nitrogens with zero attached hydrogens (tertiary/aromatic N) is 8. The molecule has 48 heavy (non-hydrogen) atoms. The Morgan fingerprint density at radius 1 is 0.729 bits per heavy atom. The topological polar surface area (TPSA) is 154 Å². The zero-order valence-electron chi connectivity index (χ0n) is 28.7. The Labute approximate surface area is 292 Å². The van der Waals surface area contributed by atoms with Crippen molar-refractivity contribution in [3.05, 3.63) is 65.8 Å². The van der Waals surface area contributed by atoms with Gasteiger partial charge in [-0.05, 0) is 107 Å². The van der Waals surface area contributed by atoms with E-state index in [0.717, 1.165) is 46.3 Å². The lowest BCUT2D eigenvalue weighted by atomic mass is 9.81. The van der Waals surface area contributed by atoms with E-state index >= 15 is 0 Å². The summed E-state index contributed by atoms with van der Waals surface area (Å²) in [5.41, 5.74) is 12.9. The summed E-state index contributed by atoms with van der Waals surface area (Å²) >= 11 is 3.17. The maximum absolute atomic E-state index is 6.02. The number of aromatic nitrogens is 6. The summed E-state index contributed by atoms with van der Waals surface area (Å²) in [5, 5.41) is 0. The third kappa shape index (κ3) is 8.58. The molecule has 0 bridgehead atoms. The summed E-state index contributed by atoms with van der Waals surface area (Å²) in [6, 6.07) is 12.0. The van der Waals surface area contributed by atoms with Crippen molar-refractivity contribution >= 4 is 52.0 Å². The molecule has 12 nitrogen and oxygen atoms in total. The van der Waals surface area contributed by atoms with Gasteiger partial charge in [-0.2, -0.15) is 0 Å². The maximum Gasteiger partial charge on any atom is 0.498 e. The molecule has 0 saturated carbocycles. The second-order valence-electron chi connectivity index (χ2n) is 13.4. The van der Waals surface area contributed by atoms with Crippen LogP contribution in [0.3, 0.4) is 0 Å². The number of hydrogen-bond donors (Lipinski definition) is 2. The third-order valence-corrected chi connectivity index (χ3v) is 9.69. The molecule has 3 aliphatic heterocycles. The Morgan fingerprint density at radius 2 is 1.21 bits per heavy atom. The number of anilines is 4. The first-order chi connectivity index (χ1) is 22.8. The van der Waals surface area contributed by atoms with Crippen LogP contribution < -0.4 is 26.7 Å². The van der Waals surface area contributed by atoms with E-state index in [2.05, 4.69) is 69.5 Å². The highest BCUT2D eigenvalue weighted by molar-refractivity contribution is 9.10. The SMILES string of the molecule is C[C@@H]1CCCN1c1ncc(-c2cccc(N)n2)cn1.C[C@@H]1CCCN1c1ncc(B2OC(C)(C)C(C)(C)O2)cn1.Nc1cccc(Br)n1. The average Bonchev–Trinajstić information content (AvgIpc) is 3.74. The van der Waals surface area contributed by atoms with Crippen LogP contribution >= 0.6 is 15.9 Å². The van der Waals surface area contributed by atoms with Crippen LogP contribution in [-0.2, 0) is 9.31 Å². The average molecular weight is 718 g/mol. The number of halogens is 1. The van der Waals surface area contributed by atoms with E-state index in [9.17, 15) is 0 Å². The van der Waals surface area contributed by atoms with Gasteiger partial charge in [0.2, 0.25) is 11.9 Å². The molecular weight excluding hydrogens is 671 g/mol. The standard InChI is InChI=1S/C15H24BN3O2.C14H17N5.C5H5BrN2/c1-11-7-6-8-19(11)13-17-9-12(10-18-13)16-20-14(2,3)15(4,5)21-16;1-10-4-3-7-19(10)14-16-8-11(9-17-14)12-5-2-6-13(15)18-12;6-4-2-1-3-5(7)8-4/h9-11H,6-8H2,1-5H3;2,5-6,8-10H,3-4,7H2,1H3,(H2,15,18);1-3H,(H2,7,8)/t11-;10-;/m11./s1. The highest BCUT2D eigenvalue weighted by atomic mass is 79.9. The van der Waals surface area contributed by atoms with Crippen LogP contribution in [0.1, 0.15) is 67.2 Å². The molecule has 4 aromatic heterocycles. The molecule has 3 aliphatic rings. The maximum atomic E-state index is 6.02. The van der Waals surface area contributed by atoms with Gasteiger partial charge in [-0.15, -0.1) is 0 Å². The van der Waals surface area contributed by atoms with Crippen molar-refractivity contribution < 1.29 is 9.31 Å². The smallest absolute Gasteiger partial charge is 0.399 e. The van der Waals surface area contributed by atoms with Gasteiger partial charge in [0.15, 0.2) is 0 Å². The molecule has 254 valence electrons. The monoisotopic (exact) mass is 716 g/mol. The van der Waals surface area contributed by atoms with Crippen molar-refractivity contribution in [3.8, 4) is 11.3 Å². The Bertz CT molecular complexity index is 1610. The Morgan fingerprint density at radius 3 is 1.62 bits per heavy atom. The molecule has 14 heteroatoms. The predicted octanol–water partition coefficient (Wildman–Crippen LogP) is 5.30. The molecule has 2 atom stereocenters. The fourth-order valence-electron chi connectivity index (χ4n) is 5.68. The fourth-order valence-corrected chi connectivity index (χ4v) is 6.04. The minimum atomic E-state index is -0.389. The molecule has 3 fully saturated rings. The van der Waals surface area contributed by atoms with Crippen LogP contribution in [0.25, 0.3) is 11.3 Å². The van der Waals surface area contributed by atoms with Gasteiger partial charge >= 0.3 is 7.12 Å². The van der Waals surface area contributed by atoms with Crippen LogP contribution in [0.2, 0.25) is 0 Å². The van der Waals surface area contributed by atoms with Gasteiger partial charge < -0.3 is 30.6 Å². The third-order valence-electron chi connectivity index (χ3n) is 9.24. The molecular formula is C34H46BBrN10O2. The summed E-state index contributed by atoms with van der Waals surface area (Å²) in [6.45, 7) is 14.7. The lowest BCUT2D eigenvalue weighted by molar-refractivity contribution is 0.00578. The van der Waals surface area contributed by atoms with E-state index in [1.807, 2.05) is 76.7 Å². The van der Waals surface area contributed by atoms with Crippen LogP contribution in [0.4, 0.5) is 23.5 Å². The molecule has 0 aliphatic carbocycles. The van der Waals surface area contributed by atoms with E-state index in [1.165, 1.54) is 25.7 Å². The number of rotatable bonds is 4. The van der Waals surface area contributed by atoms with Gasteiger partial charge in [-0.25, -0.2) is 29.9 Å². The minimum absolute atomic E-state index is 0.334. The van der Waals surface area contributed by atoms with Gasteiger partial charge in [0, 0.05) is 61.0 Å². The van der Waals surface area contributed by atoms with Crippen LogP contribution in [0.5, 0.6) is 0 Å². The fraction of sp³-hybridized carbons (Fsp3) is 0.471. The van der Waals surface area contributed by atoms with Crippen LogP contribution in [0.15, 0.2) is 65.8 Å². The minimum Gasteiger partial charge on any atom is -0.399 e. The lowest BCUT2D eigenvalue weighted by Gasteiger charge is -2.32. The molecule has 0 radical (unpaired) electrons. The van der Waals surface area contributed by atoms with Crippen molar-refractivity contribution in [3.63, 3.8) is 0 Å². The van der Waals surface area contributed by atoms with Crippen molar-refractivity contribution in [2.24, 2.45) is 0 Å². The summed E-state index contributed by atoms with van der Waals surface area (Å²) in [7, 11) is -0.389. The molecule has 0 unspecified atom stereocenters. The molecule has 7 rings (SSSR count). The van der Waals surface area contributed by atoms with E-state index in [1.54, 1.807) is 12.1 Å². The first-order valence-electron chi connectivity index (χ1n) is 16.5. The van der Waals surface area contributed by atoms with Crippen molar-refractivity contribution in [2.45, 2.75) is 90.5 Å². The molecule has 3 saturated heterocycles. The Balaban J connectivity index is 0.000000154. The molecule has 7 heterocycles. The number of nitrogen functional groups attached to an aromatic ring is 2. The summed E-state index contributed by atoms with van der Waals surface area (Å²) in [5.74, 6) is 2.66. The molecule has 4 N–H and O–H groups in total. The molecule has 4 aromatic rings. The summed E-state index contributed by atoms with van der Waals surface area (Å²) in [4.78, 5) is 30.6. The van der Waals surface area contributed by atoms with Gasteiger partial charge in [0.05, 0.1) is 16.9 Å². The van der Waals surface area contributed by atoms with Crippen molar-refractivity contribution in [1.29, 1.82) is 0 Å². The molecule has 0 amide bonds. The Hall–Kier alpha value is -3.88.